The monoisotopic (exact) mass is 190 g/mol. The van der Waals surface area contributed by atoms with E-state index in [1.54, 1.807) is 6.20 Å². The molecule has 1 heterocycles. The van der Waals surface area contributed by atoms with Crippen LogP contribution >= 0.6 is 0 Å². The number of hydrogen-bond acceptors (Lipinski definition) is 2. The Morgan fingerprint density at radius 1 is 1.71 bits per heavy atom. The average Bonchev–Trinajstić information content (AvgIpc) is 2.19. The number of pyridine rings is 1. The molecule has 1 rings (SSSR count). The molecule has 3 nitrogen and oxygen atoms in total. The van der Waals surface area contributed by atoms with E-state index in [1.165, 1.54) is 11.6 Å². The molecule has 1 amide bonds. The van der Waals surface area contributed by atoms with E-state index in [1.807, 2.05) is 12.1 Å². The van der Waals surface area contributed by atoms with E-state index in [0.717, 1.165) is 12.8 Å². The molecule has 0 aromatic carbocycles. The van der Waals surface area contributed by atoms with Gasteiger partial charge in [0, 0.05) is 6.20 Å². The van der Waals surface area contributed by atoms with Gasteiger partial charge in [-0.1, -0.05) is 19.9 Å². The lowest BCUT2D eigenvalue weighted by Gasteiger charge is -2.03. The van der Waals surface area contributed by atoms with Crippen molar-refractivity contribution in [1.29, 1.82) is 0 Å². The fraction of sp³-hybridized carbons (Fsp3) is 0.273. The van der Waals surface area contributed by atoms with Crippen molar-refractivity contribution in [3.05, 3.63) is 36.5 Å². The number of aromatic nitrogens is 1. The maximum absolute atomic E-state index is 11.0. The van der Waals surface area contributed by atoms with Crippen LogP contribution in [0.3, 0.4) is 0 Å². The van der Waals surface area contributed by atoms with Crippen molar-refractivity contribution in [2.75, 3.05) is 5.32 Å². The van der Waals surface area contributed by atoms with Crippen molar-refractivity contribution in [1.82, 2.24) is 4.98 Å². The van der Waals surface area contributed by atoms with E-state index in [9.17, 15) is 4.79 Å². The molecule has 0 radical (unpaired) electrons. The highest BCUT2D eigenvalue weighted by Crippen LogP contribution is 2.08. The molecule has 0 spiro atoms. The number of nitrogens with one attached hydrogen (secondary N) is 1. The number of carbonyl (C=O) groups is 1. The molecule has 1 aromatic rings. The molecule has 1 aromatic heterocycles. The van der Waals surface area contributed by atoms with Gasteiger partial charge in [0.25, 0.3) is 0 Å². The molecule has 0 unspecified atom stereocenters. The number of aryl methyl sites for hydroxylation is 1. The third-order valence-electron chi connectivity index (χ3n) is 1.80. The number of anilines is 1. The van der Waals surface area contributed by atoms with Gasteiger partial charge in [-0.25, -0.2) is 4.98 Å². The lowest BCUT2D eigenvalue weighted by atomic mass is 10.1. The van der Waals surface area contributed by atoms with E-state index in [2.05, 4.69) is 23.8 Å². The topological polar surface area (TPSA) is 42.0 Å². The smallest absolute Gasteiger partial charge is 0.248 e. The molecule has 0 aliphatic rings. The number of carbonyl (C=O) groups excluding carboxylic acids is 1. The molecular weight excluding hydrogens is 176 g/mol. The Morgan fingerprint density at radius 2 is 2.50 bits per heavy atom. The molecule has 74 valence electrons. The molecule has 0 fully saturated rings. The zero-order valence-corrected chi connectivity index (χ0v) is 8.29. The number of nitrogens with zero attached hydrogens (tertiary/aromatic N) is 1. The molecule has 3 heteroatoms. The fourth-order valence-corrected chi connectivity index (χ4v) is 1.16. The van der Waals surface area contributed by atoms with Gasteiger partial charge >= 0.3 is 0 Å². The van der Waals surface area contributed by atoms with Gasteiger partial charge in [-0.2, -0.15) is 0 Å². The van der Waals surface area contributed by atoms with Crippen LogP contribution in [0, 0.1) is 0 Å². The maximum Gasteiger partial charge on any atom is 0.248 e. The van der Waals surface area contributed by atoms with Gasteiger partial charge in [-0.15, -0.1) is 0 Å². The number of rotatable bonds is 4. The van der Waals surface area contributed by atoms with E-state index in [-0.39, 0.29) is 5.91 Å². The zero-order chi connectivity index (χ0) is 10.4. The first-order valence-electron chi connectivity index (χ1n) is 4.64. The lowest BCUT2D eigenvalue weighted by Crippen LogP contribution is -2.08. The second kappa shape index (κ2) is 5.17. The van der Waals surface area contributed by atoms with Crippen LogP contribution in [0.1, 0.15) is 18.9 Å². The van der Waals surface area contributed by atoms with Crippen molar-refractivity contribution in [3.63, 3.8) is 0 Å². The number of amides is 1. The van der Waals surface area contributed by atoms with Crippen molar-refractivity contribution in [3.8, 4) is 0 Å². The van der Waals surface area contributed by atoms with E-state index in [4.69, 9.17) is 0 Å². The highest BCUT2D eigenvalue weighted by atomic mass is 16.1. The molecule has 0 atom stereocenters. The Morgan fingerprint density at radius 3 is 3.14 bits per heavy atom. The standard InChI is InChI=1S/C11H14N2O/c1-3-5-9-6-7-12-10(8-9)13-11(14)4-2/h4,6-8H,2-3,5H2,1H3,(H,12,13,14). The Kier molecular flexibility index (Phi) is 3.85. The van der Waals surface area contributed by atoms with Gasteiger partial charge < -0.3 is 5.32 Å². The molecule has 0 aliphatic heterocycles. The van der Waals surface area contributed by atoms with Gasteiger partial charge in [-0.3, -0.25) is 4.79 Å². The molecule has 0 aliphatic carbocycles. The second-order valence-electron chi connectivity index (χ2n) is 2.99. The summed E-state index contributed by atoms with van der Waals surface area (Å²) in [6, 6.07) is 3.83. The minimum absolute atomic E-state index is 0.230. The summed E-state index contributed by atoms with van der Waals surface area (Å²) < 4.78 is 0. The summed E-state index contributed by atoms with van der Waals surface area (Å²) in [4.78, 5) is 15.0. The third-order valence-corrected chi connectivity index (χ3v) is 1.80. The first kappa shape index (κ1) is 10.4. The second-order valence-corrected chi connectivity index (χ2v) is 2.99. The summed E-state index contributed by atoms with van der Waals surface area (Å²) >= 11 is 0. The van der Waals surface area contributed by atoms with Crippen LogP contribution in [0.2, 0.25) is 0 Å². The van der Waals surface area contributed by atoms with E-state index in [0.29, 0.717) is 5.82 Å². The molecule has 0 saturated carbocycles. The van der Waals surface area contributed by atoms with Gasteiger partial charge in [0.2, 0.25) is 5.91 Å². The van der Waals surface area contributed by atoms with Crippen molar-refractivity contribution < 1.29 is 4.79 Å². The van der Waals surface area contributed by atoms with Gasteiger partial charge in [0.05, 0.1) is 0 Å². The first-order chi connectivity index (χ1) is 6.76. The lowest BCUT2D eigenvalue weighted by molar-refractivity contribution is -0.111. The largest absolute Gasteiger partial charge is 0.307 e. The highest BCUT2D eigenvalue weighted by Gasteiger charge is 1.99. The van der Waals surface area contributed by atoms with Crippen molar-refractivity contribution in [2.45, 2.75) is 19.8 Å². The van der Waals surface area contributed by atoms with Crippen molar-refractivity contribution in [2.24, 2.45) is 0 Å². The summed E-state index contributed by atoms with van der Waals surface area (Å²) in [5.41, 5.74) is 1.18. The summed E-state index contributed by atoms with van der Waals surface area (Å²) in [5.74, 6) is 0.354. The van der Waals surface area contributed by atoms with Crippen molar-refractivity contribution >= 4 is 11.7 Å². The molecule has 14 heavy (non-hydrogen) atoms. The summed E-state index contributed by atoms with van der Waals surface area (Å²) in [7, 11) is 0. The Labute approximate surface area is 83.9 Å². The Balaban J connectivity index is 2.72. The van der Waals surface area contributed by atoms with Crippen LogP contribution in [0.5, 0.6) is 0 Å². The third kappa shape index (κ3) is 3.01. The average molecular weight is 190 g/mol. The van der Waals surface area contributed by atoms with Crippen LogP contribution < -0.4 is 5.32 Å². The van der Waals surface area contributed by atoms with Crippen LogP contribution in [0.25, 0.3) is 0 Å². The Bertz CT molecular complexity index is 334. The summed E-state index contributed by atoms with van der Waals surface area (Å²) in [6.45, 7) is 5.49. The predicted octanol–water partition coefficient (Wildman–Crippen LogP) is 2.16. The normalized spacial score (nSPS) is 9.50. The maximum atomic E-state index is 11.0. The molecular formula is C11H14N2O. The summed E-state index contributed by atoms with van der Waals surface area (Å²) in [6.07, 6.45) is 5.01. The van der Waals surface area contributed by atoms with E-state index < -0.39 is 0 Å². The zero-order valence-electron chi connectivity index (χ0n) is 8.29. The van der Waals surface area contributed by atoms with Gasteiger partial charge in [0.15, 0.2) is 0 Å². The fourth-order valence-electron chi connectivity index (χ4n) is 1.16. The molecule has 0 saturated heterocycles. The predicted molar refractivity (Wildman–Crippen MR) is 57.1 cm³/mol. The molecule has 0 bridgehead atoms. The minimum Gasteiger partial charge on any atom is -0.307 e. The first-order valence-corrected chi connectivity index (χ1v) is 4.64. The van der Waals surface area contributed by atoms with E-state index >= 15 is 0 Å². The number of hydrogen-bond donors (Lipinski definition) is 1. The van der Waals surface area contributed by atoms with Gasteiger partial charge in [0.1, 0.15) is 5.82 Å². The van der Waals surface area contributed by atoms with Crippen LogP contribution in [-0.2, 0) is 11.2 Å². The Hall–Kier alpha value is -1.64. The van der Waals surface area contributed by atoms with Crippen LogP contribution in [-0.4, -0.2) is 10.9 Å². The summed E-state index contributed by atoms with van der Waals surface area (Å²) in [5, 5.41) is 2.62. The molecule has 1 N–H and O–H groups in total. The van der Waals surface area contributed by atoms with Gasteiger partial charge in [-0.05, 0) is 30.2 Å². The van der Waals surface area contributed by atoms with Crippen LogP contribution in [0.4, 0.5) is 5.82 Å². The minimum atomic E-state index is -0.230. The SMILES string of the molecule is C=CC(=O)Nc1cc(CCC)ccn1. The highest BCUT2D eigenvalue weighted by molar-refractivity contribution is 5.98. The quantitative estimate of drug-likeness (QED) is 0.739. The van der Waals surface area contributed by atoms with Crippen LogP contribution in [0.15, 0.2) is 31.0 Å².